The number of rotatable bonds is 16. The van der Waals surface area contributed by atoms with E-state index in [9.17, 15) is 9.59 Å². The van der Waals surface area contributed by atoms with E-state index in [0.29, 0.717) is 23.2 Å². The Morgan fingerprint density at radius 1 is 0.756 bits per heavy atom. The lowest BCUT2D eigenvalue weighted by molar-refractivity contribution is -0.326. The molecule has 1 aliphatic rings. The van der Waals surface area contributed by atoms with Crippen LogP contribution in [0, 0.1) is 28.1 Å². The molecule has 1 unspecified atom stereocenters. The Morgan fingerprint density at radius 2 is 1.29 bits per heavy atom. The van der Waals surface area contributed by atoms with E-state index >= 15 is 0 Å². The van der Waals surface area contributed by atoms with Gasteiger partial charge in [-0.05, 0) is 81.0 Å². The predicted octanol–water partition coefficient (Wildman–Crippen LogP) is 10.9. The first kappa shape index (κ1) is 39.9. The first-order valence-corrected chi connectivity index (χ1v) is 16.6. The van der Waals surface area contributed by atoms with Gasteiger partial charge in [-0.2, -0.15) is 10.1 Å². The summed E-state index contributed by atoms with van der Waals surface area (Å²) in [5.41, 5.74) is 0.248. The molecule has 1 rings (SSSR count). The molecule has 6 heteroatoms. The summed E-state index contributed by atoms with van der Waals surface area (Å²) in [4.78, 5) is 37.8. The molecule has 0 aliphatic heterocycles. The Labute approximate surface area is 253 Å². The van der Waals surface area contributed by atoms with Crippen molar-refractivity contribution in [1.29, 1.82) is 0 Å². The molecule has 244 valence electrons. The molecule has 0 spiro atoms. The Balaban J connectivity index is 0.000000790. The van der Waals surface area contributed by atoms with Crippen molar-refractivity contribution in [3.63, 3.8) is 0 Å². The average molecular weight is 585 g/mol. The molecule has 0 aromatic rings. The second kappa shape index (κ2) is 19.2. The van der Waals surface area contributed by atoms with Gasteiger partial charge in [-0.15, -0.1) is 0 Å². The summed E-state index contributed by atoms with van der Waals surface area (Å²) in [6, 6.07) is 0. The highest BCUT2D eigenvalue weighted by atomic mass is 17.2. The zero-order valence-corrected chi connectivity index (χ0v) is 29.0. The summed E-state index contributed by atoms with van der Waals surface area (Å²) in [7, 11) is 0. The van der Waals surface area contributed by atoms with E-state index in [-0.39, 0.29) is 22.9 Å². The van der Waals surface area contributed by atoms with E-state index in [4.69, 9.17) is 15.0 Å². The fourth-order valence-electron chi connectivity index (χ4n) is 5.94. The van der Waals surface area contributed by atoms with Crippen LogP contribution in [0.5, 0.6) is 0 Å². The topological polar surface area (TPSA) is 82.1 Å². The van der Waals surface area contributed by atoms with E-state index in [2.05, 4.69) is 67.2 Å². The third-order valence-corrected chi connectivity index (χ3v) is 8.62. The van der Waals surface area contributed by atoms with Crippen molar-refractivity contribution >= 4 is 11.9 Å². The van der Waals surface area contributed by atoms with Gasteiger partial charge in [-0.1, -0.05) is 114 Å². The summed E-state index contributed by atoms with van der Waals surface area (Å²) in [5, 5.41) is 8.90. The van der Waals surface area contributed by atoms with E-state index in [1.54, 1.807) is 0 Å². The minimum absolute atomic E-state index is 0.0953. The molecule has 0 amide bonds. The van der Waals surface area contributed by atoms with Crippen molar-refractivity contribution in [2.24, 2.45) is 28.1 Å². The molecule has 41 heavy (non-hydrogen) atoms. The first-order valence-electron chi connectivity index (χ1n) is 16.6. The number of carbonyl (C=O) groups is 2. The molecule has 1 atom stereocenters. The monoisotopic (exact) mass is 585 g/mol. The lowest BCUT2D eigenvalue weighted by Gasteiger charge is -2.41. The van der Waals surface area contributed by atoms with Crippen LogP contribution in [0.15, 0.2) is 0 Å². The second-order valence-corrected chi connectivity index (χ2v) is 16.1. The minimum Gasteiger partial charge on any atom is -0.301 e. The van der Waals surface area contributed by atoms with Gasteiger partial charge in [-0.25, -0.2) is 9.59 Å². The Hall–Kier alpha value is -1.14. The molecular formula is C35H68O6. The van der Waals surface area contributed by atoms with Crippen LogP contribution in [-0.4, -0.2) is 22.8 Å². The summed E-state index contributed by atoms with van der Waals surface area (Å²) >= 11 is 0. The van der Waals surface area contributed by atoms with Crippen LogP contribution in [0.4, 0.5) is 0 Å². The Kier molecular flexibility index (Phi) is 18.7. The molecule has 0 radical (unpaired) electrons. The van der Waals surface area contributed by atoms with Crippen LogP contribution in [0.2, 0.25) is 0 Å². The molecule has 0 heterocycles. The molecule has 0 aromatic carbocycles. The van der Waals surface area contributed by atoms with Crippen LogP contribution in [-0.2, 0) is 24.3 Å². The molecule has 1 N–H and O–H groups in total. The first-order chi connectivity index (χ1) is 18.8. The van der Waals surface area contributed by atoms with Gasteiger partial charge in [-0.3, -0.25) is 4.89 Å². The zero-order valence-electron chi connectivity index (χ0n) is 29.0. The van der Waals surface area contributed by atoms with Crippen molar-refractivity contribution in [3.8, 4) is 0 Å². The number of unbranched alkanes of at least 4 members (excludes halogenated alkanes) is 3. The molecule has 6 nitrogen and oxygen atoms in total. The van der Waals surface area contributed by atoms with Crippen molar-refractivity contribution in [1.82, 2.24) is 0 Å². The van der Waals surface area contributed by atoms with Gasteiger partial charge in [0.05, 0.1) is 5.92 Å². The molecule has 0 bridgehead atoms. The molecule has 1 saturated carbocycles. The van der Waals surface area contributed by atoms with E-state index in [1.165, 1.54) is 44.9 Å². The molecular weight excluding hydrogens is 516 g/mol. The number of hydrogen-bond acceptors (Lipinski definition) is 6. The molecule has 0 aromatic heterocycles. The summed E-state index contributed by atoms with van der Waals surface area (Å²) in [5.74, 6) is -0.320. The van der Waals surface area contributed by atoms with Gasteiger partial charge in [0, 0.05) is 6.42 Å². The van der Waals surface area contributed by atoms with Gasteiger partial charge in [0.25, 0.3) is 0 Å². The van der Waals surface area contributed by atoms with Gasteiger partial charge in [0.15, 0.2) is 0 Å². The van der Waals surface area contributed by atoms with Gasteiger partial charge < -0.3 is 4.89 Å². The van der Waals surface area contributed by atoms with Gasteiger partial charge in [0.1, 0.15) is 5.60 Å². The standard InChI is InChI=1S/C19H36O3.C16H32O3/c1-18(2,3)14-10-9-13-16(17(20)22-21)19(4,5)15-11-7-6-8-12-15;1-7-12-16(5,6)19-18-14(17)11-9-8-10-13-15(2,3)4/h15-16,21H,6-14H2,1-5H3;7-13H2,1-6H3. The maximum absolute atomic E-state index is 12.1. The zero-order chi connectivity index (χ0) is 31.7. The lowest BCUT2D eigenvalue weighted by Crippen LogP contribution is -2.39. The van der Waals surface area contributed by atoms with Crippen molar-refractivity contribution in [2.45, 2.75) is 184 Å². The molecule has 0 saturated heterocycles. The van der Waals surface area contributed by atoms with Gasteiger partial charge in [0.2, 0.25) is 0 Å². The second-order valence-electron chi connectivity index (χ2n) is 16.1. The summed E-state index contributed by atoms with van der Waals surface area (Å²) < 4.78 is 0. The SMILES string of the molecule is CC(C)(C)CCCCC(C(=O)OO)C(C)(C)C1CCCCC1.CCCC(C)(C)OOC(=O)CCCCCC(C)(C)C. The Bertz CT molecular complexity index is 707. The van der Waals surface area contributed by atoms with E-state index in [1.807, 2.05) is 13.8 Å². The third-order valence-electron chi connectivity index (χ3n) is 8.62. The largest absolute Gasteiger partial charge is 0.345 e. The normalized spacial score (nSPS) is 16.0. The fourth-order valence-corrected chi connectivity index (χ4v) is 5.94. The van der Waals surface area contributed by atoms with Crippen molar-refractivity contribution in [3.05, 3.63) is 0 Å². The molecule has 1 aliphatic carbocycles. The maximum Gasteiger partial charge on any atom is 0.345 e. The lowest BCUT2D eigenvalue weighted by atomic mass is 9.63. The van der Waals surface area contributed by atoms with Crippen LogP contribution in [0.3, 0.4) is 0 Å². The van der Waals surface area contributed by atoms with Crippen molar-refractivity contribution in [2.75, 3.05) is 0 Å². The maximum atomic E-state index is 12.1. The third kappa shape index (κ3) is 19.6. The molecule has 1 fully saturated rings. The van der Waals surface area contributed by atoms with E-state index < -0.39 is 5.97 Å². The highest BCUT2D eigenvalue weighted by molar-refractivity contribution is 5.72. The Morgan fingerprint density at radius 3 is 1.78 bits per heavy atom. The van der Waals surface area contributed by atoms with Crippen LogP contribution < -0.4 is 0 Å². The average Bonchev–Trinajstić information content (AvgIpc) is 2.86. The van der Waals surface area contributed by atoms with Crippen LogP contribution in [0.1, 0.15) is 179 Å². The fraction of sp³-hybridized carbons (Fsp3) is 0.943. The van der Waals surface area contributed by atoms with Crippen molar-refractivity contribution < 1.29 is 29.5 Å². The predicted molar refractivity (Wildman–Crippen MR) is 169 cm³/mol. The smallest absolute Gasteiger partial charge is 0.301 e. The summed E-state index contributed by atoms with van der Waals surface area (Å²) in [6.45, 7) is 23.8. The van der Waals surface area contributed by atoms with Crippen LogP contribution in [0.25, 0.3) is 0 Å². The number of carbonyl (C=O) groups excluding carboxylic acids is 2. The highest BCUT2D eigenvalue weighted by Gasteiger charge is 2.42. The van der Waals surface area contributed by atoms with Crippen LogP contribution >= 0.6 is 0 Å². The quantitative estimate of drug-likeness (QED) is 0.110. The minimum atomic E-state index is -0.439. The highest BCUT2D eigenvalue weighted by Crippen LogP contribution is 2.45. The summed E-state index contributed by atoms with van der Waals surface area (Å²) in [6.07, 6.45) is 17.0. The van der Waals surface area contributed by atoms with E-state index in [0.717, 1.165) is 51.4 Å². The van der Waals surface area contributed by atoms with Gasteiger partial charge >= 0.3 is 11.9 Å². The number of hydrogen-bond donors (Lipinski definition) is 1.